The fourth-order valence-corrected chi connectivity index (χ4v) is 8.89. The number of phenolic OH excluding ortho intramolecular Hbond substituents is 1. The van der Waals surface area contributed by atoms with E-state index in [1.165, 1.54) is 0 Å². The number of aromatic nitrogens is 3. The predicted molar refractivity (Wildman–Crippen MR) is 268 cm³/mol. The summed E-state index contributed by atoms with van der Waals surface area (Å²) in [6.07, 6.45) is 3.66. The molecule has 0 aliphatic heterocycles. The van der Waals surface area contributed by atoms with E-state index in [4.69, 9.17) is 4.98 Å². The average molecular weight is 832 g/mol. The highest BCUT2D eigenvalue weighted by molar-refractivity contribution is 5.95. The van der Waals surface area contributed by atoms with Crippen molar-refractivity contribution in [1.82, 2.24) is 15.0 Å². The lowest BCUT2D eigenvalue weighted by Gasteiger charge is -2.18. The Morgan fingerprint density at radius 2 is 0.677 bits per heavy atom. The van der Waals surface area contributed by atoms with Crippen molar-refractivity contribution in [2.45, 2.75) is 0 Å². The summed E-state index contributed by atoms with van der Waals surface area (Å²) >= 11 is 0. The van der Waals surface area contributed by atoms with Crippen molar-refractivity contribution >= 4 is 10.9 Å². The molecule has 1 N–H and O–H groups in total. The number of para-hydroxylation sites is 1. The maximum Gasteiger partial charge on any atom is 0.124 e. The number of hydrogen-bond donors (Lipinski definition) is 1. The van der Waals surface area contributed by atoms with E-state index in [-0.39, 0.29) is 5.75 Å². The summed E-state index contributed by atoms with van der Waals surface area (Å²) in [6, 6.07) is 79.9. The molecule has 4 nitrogen and oxygen atoms in total. The van der Waals surface area contributed by atoms with Crippen LogP contribution in [0.5, 0.6) is 5.75 Å². The summed E-state index contributed by atoms with van der Waals surface area (Å²) in [7, 11) is 0. The number of fused-ring (bicyclic) bond motifs is 1. The van der Waals surface area contributed by atoms with Gasteiger partial charge in [0.2, 0.25) is 0 Å². The number of phenols is 1. The fourth-order valence-electron chi connectivity index (χ4n) is 8.89. The first-order valence-electron chi connectivity index (χ1n) is 21.8. The van der Waals surface area contributed by atoms with E-state index >= 15 is 0 Å². The highest BCUT2D eigenvalue weighted by Gasteiger charge is 2.18. The standard InChI is InChI=1S/C61H41N3O/c65-61-40-46(60-34-32-43-13-1-8-22-59(43)64-60)31-33-56(61)55-19-7-6-18-54(55)49-38-47(52-16-4-2-14-50(52)41-23-27-44(28-24-41)57-20-9-11-35-62-57)37-48(39-49)53-17-5-3-15-51(53)42-25-29-45(30-26-42)58-21-10-12-36-63-58/h1-40,65H. The zero-order valence-electron chi connectivity index (χ0n) is 35.4. The number of nitrogens with zero attached hydrogens (tertiary/aromatic N) is 3. The molecule has 3 heterocycles. The number of rotatable bonds is 9. The van der Waals surface area contributed by atoms with E-state index in [2.05, 4.69) is 162 Å². The lowest BCUT2D eigenvalue weighted by molar-refractivity contribution is 0.477. The average Bonchev–Trinajstić information content (AvgIpc) is 3.39. The van der Waals surface area contributed by atoms with Crippen molar-refractivity contribution in [2.24, 2.45) is 0 Å². The van der Waals surface area contributed by atoms with Crippen molar-refractivity contribution in [3.8, 4) is 106 Å². The second-order valence-corrected chi connectivity index (χ2v) is 16.1. The largest absolute Gasteiger partial charge is 0.507 e. The van der Waals surface area contributed by atoms with Gasteiger partial charge in [0.1, 0.15) is 5.75 Å². The highest BCUT2D eigenvalue weighted by Crippen LogP contribution is 2.44. The van der Waals surface area contributed by atoms with Gasteiger partial charge in [0.05, 0.1) is 22.6 Å². The molecule has 0 saturated heterocycles. The van der Waals surface area contributed by atoms with Crippen molar-refractivity contribution < 1.29 is 5.11 Å². The van der Waals surface area contributed by atoms with Crippen molar-refractivity contribution in [1.29, 1.82) is 0 Å². The van der Waals surface area contributed by atoms with Crippen molar-refractivity contribution in [2.75, 3.05) is 0 Å². The minimum Gasteiger partial charge on any atom is -0.507 e. The molecule has 0 bridgehead atoms. The van der Waals surface area contributed by atoms with E-state index in [1.807, 2.05) is 91.3 Å². The zero-order valence-corrected chi connectivity index (χ0v) is 35.4. The monoisotopic (exact) mass is 831 g/mol. The van der Waals surface area contributed by atoms with E-state index in [9.17, 15) is 5.11 Å². The molecule has 0 atom stereocenters. The third kappa shape index (κ3) is 7.86. The lowest BCUT2D eigenvalue weighted by Crippen LogP contribution is -1.93. The fraction of sp³-hybridized carbons (Fsp3) is 0. The van der Waals surface area contributed by atoms with Gasteiger partial charge in [-0.3, -0.25) is 9.97 Å². The molecule has 0 aliphatic rings. The Hall–Kier alpha value is -8.73. The van der Waals surface area contributed by atoms with E-state index in [0.717, 1.165) is 111 Å². The molecule has 11 aromatic rings. The van der Waals surface area contributed by atoms with E-state index in [1.54, 1.807) is 0 Å². The van der Waals surface area contributed by atoms with Crippen LogP contribution in [0.25, 0.3) is 111 Å². The molecule has 0 unspecified atom stereocenters. The van der Waals surface area contributed by atoms with Gasteiger partial charge < -0.3 is 5.11 Å². The predicted octanol–water partition coefficient (Wildman–Crippen LogP) is 15.7. The molecule has 0 fully saturated rings. The first-order chi connectivity index (χ1) is 32.1. The van der Waals surface area contributed by atoms with Gasteiger partial charge in [-0.15, -0.1) is 0 Å². The smallest absolute Gasteiger partial charge is 0.124 e. The first kappa shape index (κ1) is 39.1. The Morgan fingerprint density at radius 1 is 0.262 bits per heavy atom. The zero-order chi connectivity index (χ0) is 43.5. The van der Waals surface area contributed by atoms with Gasteiger partial charge in [-0.25, -0.2) is 4.98 Å². The van der Waals surface area contributed by atoms with E-state index < -0.39 is 0 Å². The molecule has 11 rings (SSSR count). The third-order valence-corrected chi connectivity index (χ3v) is 12.1. The molecule has 65 heavy (non-hydrogen) atoms. The van der Waals surface area contributed by atoms with Gasteiger partial charge in [0.25, 0.3) is 0 Å². The number of pyridine rings is 3. The summed E-state index contributed by atoms with van der Waals surface area (Å²) in [5.74, 6) is 0.195. The molecular weight excluding hydrogens is 791 g/mol. The van der Waals surface area contributed by atoms with Gasteiger partial charge >= 0.3 is 0 Å². The van der Waals surface area contributed by atoms with Crippen LogP contribution in [0.15, 0.2) is 243 Å². The lowest BCUT2D eigenvalue weighted by atomic mass is 9.86. The van der Waals surface area contributed by atoms with Gasteiger partial charge in [0.15, 0.2) is 0 Å². The van der Waals surface area contributed by atoms with Crippen LogP contribution >= 0.6 is 0 Å². The summed E-state index contributed by atoms with van der Waals surface area (Å²) in [5.41, 5.74) is 19.2. The summed E-state index contributed by atoms with van der Waals surface area (Å²) in [6.45, 7) is 0. The Balaban J connectivity index is 1.05. The van der Waals surface area contributed by atoms with Crippen LogP contribution in [0.4, 0.5) is 0 Å². The molecule has 0 radical (unpaired) electrons. The Morgan fingerprint density at radius 3 is 1.17 bits per heavy atom. The molecule has 3 aromatic heterocycles. The minimum atomic E-state index is 0.195. The van der Waals surface area contributed by atoms with E-state index in [0.29, 0.717) is 0 Å². The van der Waals surface area contributed by atoms with Crippen molar-refractivity contribution in [3.63, 3.8) is 0 Å². The minimum absolute atomic E-state index is 0.195. The van der Waals surface area contributed by atoms with Crippen LogP contribution < -0.4 is 0 Å². The van der Waals surface area contributed by atoms with Gasteiger partial charge in [-0.1, -0.05) is 164 Å². The van der Waals surface area contributed by atoms with Crippen molar-refractivity contribution in [3.05, 3.63) is 243 Å². The Labute approximate surface area is 378 Å². The van der Waals surface area contributed by atoms with Crippen LogP contribution in [-0.2, 0) is 0 Å². The third-order valence-electron chi connectivity index (χ3n) is 12.1. The number of aromatic hydroxyl groups is 1. The maximum absolute atomic E-state index is 11.8. The number of benzene rings is 8. The topological polar surface area (TPSA) is 58.9 Å². The first-order valence-corrected chi connectivity index (χ1v) is 21.8. The molecule has 306 valence electrons. The van der Waals surface area contributed by atoms with Crippen LogP contribution in [-0.4, -0.2) is 20.1 Å². The molecular formula is C61H41N3O. The summed E-state index contributed by atoms with van der Waals surface area (Å²) < 4.78 is 0. The molecule has 0 spiro atoms. The normalized spacial score (nSPS) is 11.1. The van der Waals surface area contributed by atoms with Gasteiger partial charge in [-0.2, -0.15) is 0 Å². The Bertz CT molecular complexity index is 3330. The molecule has 4 heteroatoms. The van der Waals surface area contributed by atoms with Crippen LogP contribution in [0.2, 0.25) is 0 Å². The summed E-state index contributed by atoms with van der Waals surface area (Å²) in [4.78, 5) is 14.1. The van der Waals surface area contributed by atoms with Gasteiger partial charge in [0, 0.05) is 40.0 Å². The molecule has 0 saturated carbocycles. The second-order valence-electron chi connectivity index (χ2n) is 16.1. The molecule has 0 amide bonds. The SMILES string of the molecule is Oc1cc(-c2ccc3ccccc3n2)ccc1-c1ccccc1-c1cc(-c2ccccc2-c2ccc(-c3ccccn3)cc2)cc(-c2ccccc2-c2ccc(-c3ccccn3)cc2)c1. The van der Waals surface area contributed by atoms with Crippen LogP contribution in [0.1, 0.15) is 0 Å². The highest BCUT2D eigenvalue weighted by atomic mass is 16.3. The Kier molecular flexibility index (Phi) is 10.4. The number of hydrogen-bond acceptors (Lipinski definition) is 4. The maximum atomic E-state index is 11.8. The van der Waals surface area contributed by atoms with Gasteiger partial charge in [-0.05, 0) is 128 Å². The summed E-state index contributed by atoms with van der Waals surface area (Å²) in [5, 5.41) is 12.9. The van der Waals surface area contributed by atoms with Crippen LogP contribution in [0.3, 0.4) is 0 Å². The molecule has 0 aliphatic carbocycles. The quantitative estimate of drug-likeness (QED) is 0.157. The van der Waals surface area contributed by atoms with Crippen LogP contribution in [0, 0.1) is 0 Å². The molecule has 8 aromatic carbocycles. The second kappa shape index (κ2) is 17.2.